The summed E-state index contributed by atoms with van der Waals surface area (Å²) in [4.78, 5) is 0. The van der Waals surface area contributed by atoms with Crippen LogP contribution in [0.1, 0.15) is 94.1 Å². The molecule has 0 nitrogen and oxygen atoms in total. The van der Waals surface area contributed by atoms with Crippen LogP contribution in [-0.2, 0) is 0 Å². The number of rotatable bonds is 8. The van der Waals surface area contributed by atoms with Crippen LogP contribution in [0.5, 0.6) is 0 Å². The summed E-state index contributed by atoms with van der Waals surface area (Å²) in [7, 11) is 0. The Morgan fingerprint density at radius 1 is 0.815 bits per heavy atom. The van der Waals surface area contributed by atoms with Crippen molar-refractivity contribution in [2.75, 3.05) is 6.67 Å². The lowest BCUT2D eigenvalue weighted by molar-refractivity contribution is 0.171. The molecule has 0 aliphatic heterocycles. The van der Waals surface area contributed by atoms with Gasteiger partial charge in [-0.2, -0.15) is 0 Å². The molecule has 2 fully saturated rings. The summed E-state index contributed by atoms with van der Waals surface area (Å²) in [5.41, 5.74) is 2.94. The summed E-state index contributed by atoms with van der Waals surface area (Å²) in [5.74, 6) is 3.58. The lowest BCUT2D eigenvalue weighted by Gasteiger charge is -2.37. The minimum atomic E-state index is -0.152. The average Bonchev–Trinajstić information content (AvgIpc) is 2.72. The van der Waals surface area contributed by atoms with E-state index < -0.39 is 0 Å². The smallest absolute Gasteiger partial charge is 0.0894 e. The molecule has 0 saturated heterocycles. The topological polar surface area (TPSA) is 0 Å². The predicted molar refractivity (Wildman–Crippen MR) is 115 cm³/mol. The number of alkyl halides is 1. The van der Waals surface area contributed by atoms with Crippen molar-refractivity contribution in [3.05, 3.63) is 47.5 Å². The first-order valence-electron chi connectivity index (χ1n) is 11.6. The maximum Gasteiger partial charge on any atom is 0.0894 e. The van der Waals surface area contributed by atoms with Crippen molar-refractivity contribution in [3.8, 4) is 0 Å². The third-order valence-corrected chi connectivity index (χ3v) is 7.22. The second-order valence-corrected chi connectivity index (χ2v) is 9.16. The van der Waals surface area contributed by atoms with E-state index in [1.807, 2.05) is 0 Å². The summed E-state index contributed by atoms with van der Waals surface area (Å²) >= 11 is 0. The fraction of sp³-hybridized carbons (Fsp3) is 0.692. The van der Waals surface area contributed by atoms with Gasteiger partial charge in [0.1, 0.15) is 0 Å². The summed E-state index contributed by atoms with van der Waals surface area (Å²) in [6.45, 7) is 2.03. The average molecular weight is 371 g/mol. The van der Waals surface area contributed by atoms with Gasteiger partial charge in [0.2, 0.25) is 0 Å². The first kappa shape index (κ1) is 20.6. The van der Waals surface area contributed by atoms with Gasteiger partial charge in [0, 0.05) is 0 Å². The molecule has 2 aliphatic rings. The number of benzene rings is 1. The molecule has 0 atom stereocenters. The molecule has 0 aromatic heterocycles. The monoisotopic (exact) mass is 370 g/mol. The summed E-state index contributed by atoms with van der Waals surface area (Å²) in [6.07, 6.45) is 20.3. The predicted octanol–water partition coefficient (Wildman–Crippen LogP) is 8.16. The minimum absolute atomic E-state index is 0.152. The second-order valence-electron chi connectivity index (χ2n) is 9.16. The molecule has 1 heteroatoms. The van der Waals surface area contributed by atoms with Crippen LogP contribution < -0.4 is 0 Å². The number of allylic oxidation sites excluding steroid dienone is 2. The molecule has 2 aliphatic carbocycles. The van der Waals surface area contributed by atoms with Crippen molar-refractivity contribution in [2.45, 2.75) is 89.9 Å². The van der Waals surface area contributed by atoms with E-state index in [1.165, 1.54) is 56.9 Å². The number of unbranched alkanes of at least 4 members (excludes halogenated alkanes) is 3. The van der Waals surface area contributed by atoms with Gasteiger partial charge in [0.25, 0.3) is 0 Å². The summed E-state index contributed by atoms with van der Waals surface area (Å²) in [6, 6.07) is 9.26. The van der Waals surface area contributed by atoms with Crippen molar-refractivity contribution in [1.29, 1.82) is 0 Å². The van der Waals surface area contributed by atoms with Crippen LogP contribution in [0.2, 0.25) is 0 Å². The standard InChI is InChI=1S/C26H39F/c1-21-8-12-23(13-9-21)25-16-18-26(19-17-25)24-14-10-22(11-15-24)7-5-3-2-4-6-20-27/h5,7-9,12-13,22,24-26H,2-4,6,10-11,14-20H2,1H3/b7-5+/t22-,24-,25?,26?. The molecule has 150 valence electrons. The van der Waals surface area contributed by atoms with Crippen LogP contribution >= 0.6 is 0 Å². The Bertz CT molecular complexity index is 542. The quantitative estimate of drug-likeness (QED) is 0.320. The van der Waals surface area contributed by atoms with E-state index >= 15 is 0 Å². The fourth-order valence-electron chi connectivity index (χ4n) is 5.39. The number of hydrogen-bond acceptors (Lipinski definition) is 0. The van der Waals surface area contributed by atoms with E-state index in [0.717, 1.165) is 49.4 Å². The molecule has 3 rings (SSSR count). The van der Waals surface area contributed by atoms with Gasteiger partial charge in [-0.15, -0.1) is 0 Å². The highest BCUT2D eigenvalue weighted by Crippen LogP contribution is 2.44. The third kappa shape index (κ3) is 6.47. The van der Waals surface area contributed by atoms with Gasteiger partial charge in [-0.05, 0) is 107 Å². The van der Waals surface area contributed by atoms with Gasteiger partial charge >= 0.3 is 0 Å². The fourth-order valence-corrected chi connectivity index (χ4v) is 5.39. The van der Waals surface area contributed by atoms with Gasteiger partial charge in [-0.3, -0.25) is 4.39 Å². The zero-order valence-electron chi connectivity index (χ0n) is 17.3. The maximum atomic E-state index is 12.1. The van der Waals surface area contributed by atoms with Crippen LogP contribution in [0.25, 0.3) is 0 Å². The van der Waals surface area contributed by atoms with E-state index in [1.54, 1.807) is 5.56 Å². The highest BCUT2D eigenvalue weighted by atomic mass is 19.1. The number of hydrogen-bond donors (Lipinski definition) is 0. The first-order chi connectivity index (χ1) is 13.3. The van der Waals surface area contributed by atoms with Gasteiger partial charge < -0.3 is 0 Å². The van der Waals surface area contributed by atoms with Gasteiger partial charge in [0.05, 0.1) is 6.67 Å². The summed E-state index contributed by atoms with van der Waals surface area (Å²) < 4.78 is 12.1. The zero-order valence-corrected chi connectivity index (χ0v) is 17.3. The molecule has 0 heterocycles. The van der Waals surface area contributed by atoms with E-state index in [4.69, 9.17) is 0 Å². The third-order valence-electron chi connectivity index (χ3n) is 7.22. The molecular formula is C26H39F. The van der Waals surface area contributed by atoms with Gasteiger partial charge in [-0.1, -0.05) is 48.4 Å². The molecule has 2 saturated carbocycles. The van der Waals surface area contributed by atoms with Crippen molar-refractivity contribution < 1.29 is 4.39 Å². The van der Waals surface area contributed by atoms with Crippen molar-refractivity contribution >= 4 is 0 Å². The van der Waals surface area contributed by atoms with E-state index in [0.29, 0.717) is 0 Å². The van der Waals surface area contributed by atoms with Crippen molar-refractivity contribution in [3.63, 3.8) is 0 Å². The van der Waals surface area contributed by atoms with E-state index in [-0.39, 0.29) is 6.67 Å². The van der Waals surface area contributed by atoms with Crippen molar-refractivity contribution in [2.24, 2.45) is 17.8 Å². The van der Waals surface area contributed by atoms with Gasteiger partial charge in [0.15, 0.2) is 0 Å². The second kappa shape index (κ2) is 11.0. The zero-order chi connectivity index (χ0) is 18.9. The van der Waals surface area contributed by atoms with Gasteiger partial charge in [-0.25, -0.2) is 0 Å². The molecule has 0 N–H and O–H groups in total. The van der Waals surface area contributed by atoms with Crippen LogP contribution in [0, 0.1) is 24.7 Å². The maximum absolute atomic E-state index is 12.1. The molecule has 1 aromatic rings. The van der Waals surface area contributed by atoms with Crippen LogP contribution in [0.4, 0.5) is 4.39 Å². The lowest BCUT2D eigenvalue weighted by Crippen LogP contribution is -2.25. The van der Waals surface area contributed by atoms with Crippen LogP contribution in [-0.4, -0.2) is 6.67 Å². The molecule has 0 radical (unpaired) electrons. The number of halogens is 1. The first-order valence-corrected chi connectivity index (χ1v) is 11.6. The minimum Gasteiger partial charge on any atom is -0.251 e. The Labute approximate surface area is 166 Å². The Morgan fingerprint density at radius 3 is 2.07 bits per heavy atom. The molecule has 0 spiro atoms. The lowest BCUT2D eigenvalue weighted by atomic mass is 9.68. The van der Waals surface area contributed by atoms with E-state index in [2.05, 4.69) is 43.3 Å². The largest absolute Gasteiger partial charge is 0.251 e. The molecular weight excluding hydrogens is 331 g/mol. The highest BCUT2D eigenvalue weighted by molar-refractivity contribution is 5.24. The normalized spacial score (nSPS) is 29.3. The van der Waals surface area contributed by atoms with Crippen LogP contribution in [0.15, 0.2) is 36.4 Å². The Hall–Kier alpha value is -1.11. The van der Waals surface area contributed by atoms with E-state index in [9.17, 15) is 4.39 Å². The Balaban J connectivity index is 1.34. The summed E-state index contributed by atoms with van der Waals surface area (Å²) in [5, 5.41) is 0. The molecule has 0 unspecified atom stereocenters. The SMILES string of the molecule is Cc1ccc(C2CCC([C@H]3CC[C@H](/C=C/CCCCCF)CC3)CC2)cc1. The Kier molecular flexibility index (Phi) is 8.42. The Morgan fingerprint density at radius 2 is 1.44 bits per heavy atom. The van der Waals surface area contributed by atoms with Crippen LogP contribution in [0.3, 0.4) is 0 Å². The molecule has 1 aromatic carbocycles. The molecule has 27 heavy (non-hydrogen) atoms. The molecule has 0 amide bonds. The van der Waals surface area contributed by atoms with Crippen molar-refractivity contribution in [1.82, 2.24) is 0 Å². The molecule has 0 bridgehead atoms. The number of aryl methyl sites for hydroxylation is 1. The highest BCUT2D eigenvalue weighted by Gasteiger charge is 2.30.